The van der Waals surface area contributed by atoms with Crippen molar-refractivity contribution < 1.29 is 30.1 Å². The molecule has 0 aromatic heterocycles. The van der Waals surface area contributed by atoms with Crippen molar-refractivity contribution in [3.05, 3.63) is 0 Å². The molecule has 0 spiro atoms. The molecule has 0 atom stereocenters. The molecule has 0 radical (unpaired) electrons. The molecule has 1 heterocycles. The average Bonchev–Trinajstić information content (AvgIpc) is 2.08. The van der Waals surface area contributed by atoms with Gasteiger partial charge in [0, 0.05) is 0 Å². The van der Waals surface area contributed by atoms with E-state index < -0.39 is 20.5 Å². The monoisotopic (exact) mass is 220 g/mol. The second-order valence-corrected chi connectivity index (χ2v) is 4.54. The van der Waals surface area contributed by atoms with E-state index in [0.29, 0.717) is 13.0 Å². The molecule has 0 saturated carbocycles. The van der Waals surface area contributed by atoms with Crippen molar-refractivity contribution in [3.8, 4) is 0 Å². The van der Waals surface area contributed by atoms with Gasteiger partial charge in [0.2, 0.25) is 0 Å². The van der Waals surface area contributed by atoms with Crippen molar-refractivity contribution in [2.24, 2.45) is 0 Å². The fraction of sp³-hybridized carbons (Fsp3) is 1.00. The molecule has 1 aliphatic rings. The van der Waals surface area contributed by atoms with E-state index in [9.17, 15) is 8.42 Å². The maximum atomic E-state index is 10.2. The minimum absolute atomic E-state index is 0.201. The van der Waals surface area contributed by atoms with E-state index in [2.05, 4.69) is 4.18 Å². The zero-order chi connectivity index (χ0) is 9.83. The Kier molecular flexibility index (Phi) is 4.06. The molecular formula is C3H8O7S2. The molecule has 7 nitrogen and oxygen atoms in total. The van der Waals surface area contributed by atoms with Crippen LogP contribution in [0, 0.1) is 0 Å². The lowest BCUT2D eigenvalue weighted by Crippen LogP contribution is -1.96. The van der Waals surface area contributed by atoms with Gasteiger partial charge in [-0.25, -0.2) is 0 Å². The van der Waals surface area contributed by atoms with Gasteiger partial charge in [-0.15, -0.1) is 0 Å². The van der Waals surface area contributed by atoms with Gasteiger partial charge in [-0.3, -0.25) is 13.3 Å². The summed E-state index contributed by atoms with van der Waals surface area (Å²) in [6.07, 6.45) is 0.655. The van der Waals surface area contributed by atoms with E-state index in [0.717, 1.165) is 0 Å². The summed E-state index contributed by atoms with van der Waals surface area (Å²) in [6.45, 7) is 0.377. The molecule has 9 heteroatoms. The Balaban J connectivity index is 0.000000217. The van der Waals surface area contributed by atoms with Gasteiger partial charge in [-0.05, 0) is 6.42 Å². The molecule has 0 unspecified atom stereocenters. The Morgan fingerprint density at radius 3 is 1.75 bits per heavy atom. The van der Waals surface area contributed by atoms with Crippen LogP contribution in [-0.2, 0) is 24.7 Å². The topological polar surface area (TPSA) is 118 Å². The van der Waals surface area contributed by atoms with Crippen LogP contribution in [0.4, 0.5) is 0 Å². The molecule has 0 bridgehead atoms. The first-order valence-corrected chi connectivity index (χ1v) is 5.75. The summed E-state index contributed by atoms with van der Waals surface area (Å²) in [5.41, 5.74) is 0. The van der Waals surface area contributed by atoms with Crippen molar-refractivity contribution >= 4 is 20.5 Å². The first-order chi connectivity index (χ1) is 5.21. The van der Waals surface area contributed by atoms with Gasteiger partial charge < -0.3 is 0 Å². The highest BCUT2D eigenvalue weighted by atomic mass is 32.3. The molecular weight excluding hydrogens is 212 g/mol. The van der Waals surface area contributed by atoms with Gasteiger partial charge in [-0.1, -0.05) is 0 Å². The molecule has 0 aromatic rings. The quantitative estimate of drug-likeness (QED) is 0.400. The minimum Gasteiger partial charge on any atom is -0.270 e. The summed E-state index contributed by atoms with van der Waals surface area (Å²) in [5, 5.41) is 0. The van der Waals surface area contributed by atoms with E-state index in [1.54, 1.807) is 0 Å². The standard InChI is InChI=1S/C3H6O3S.H2O4S/c4-7(5)3-1-2-6-7;1-5(2,3)4/h1-3H2;(H2,1,2,3,4). The van der Waals surface area contributed by atoms with Crippen LogP contribution in [0.15, 0.2) is 0 Å². The number of hydrogen-bond donors (Lipinski definition) is 2. The van der Waals surface area contributed by atoms with Gasteiger partial charge in [0.25, 0.3) is 10.1 Å². The zero-order valence-corrected chi connectivity index (χ0v) is 7.51. The summed E-state index contributed by atoms with van der Waals surface area (Å²) < 4.78 is 56.3. The molecule has 1 rings (SSSR count). The highest BCUT2D eigenvalue weighted by Gasteiger charge is 2.16. The molecule has 74 valence electrons. The Morgan fingerprint density at radius 2 is 1.67 bits per heavy atom. The van der Waals surface area contributed by atoms with Crippen molar-refractivity contribution in [1.82, 2.24) is 0 Å². The van der Waals surface area contributed by atoms with Crippen LogP contribution in [-0.4, -0.2) is 38.3 Å². The highest BCUT2D eigenvalue weighted by Crippen LogP contribution is 2.04. The maximum Gasteiger partial charge on any atom is 0.394 e. The van der Waals surface area contributed by atoms with Crippen molar-refractivity contribution in [2.45, 2.75) is 6.42 Å². The summed E-state index contributed by atoms with van der Waals surface area (Å²) in [4.78, 5) is 0. The Hall–Kier alpha value is -0.220. The molecule has 1 fully saturated rings. The van der Waals surface area contributed by atoms with E-state index in [1.165, 1.54) is 0 Å². The lowest BCUT2D eigenvalue weighted by molar-refractivity contribution is 0.354. The van der Waals surface area contributed by atoms with Gasteiger partial charge in [0.1, 0.15) is 0 Å². The first-order valence-electron chi connectivity index (χ1n) is 2.78. The third kappa shape index (κ3) is 9.78. The molecule has 1 aliphatic heterocycles. The predicted octanol–water partition coefficient (Wildman–Crippen LogP) is -0.916. The SMILES string of the molecule is O=S(=O)(O)O.O=S1(=O)CCCO1. The van der Waals surface area contributed by atoms with Gasteiger partial charge in [-0.2, -0.15) is 16.8 Å². The molecule has 12 heavy (non-hydrogen) atoms. The van der Waals surface area contributed by atoms with Gasteiger partial charge in [0.05, 0.1) is 12.4 Å². The largest absolute Gasteiger partial charge is 0.394 e. The number of hydrogen-bond acceptors (Lipinski definition) is 5. The Bertz CT molecular complexity index is 291. The second kappa shape index (κ2) is 4.14. The average molecular weight is 220 g/mol. The lowest BCUT2D eigenvalue weighted by Gasteiger charge is -1.83. The molecule has 1 saturated heterocycles. The minimum atomic E-state index is -4.67. The third-order valence-corrected chi connectivity index (χ3v) is 2.12. The van der Waals surface area contributed by atoms with Crippen LogP contribution in [0.5, 0.6) is 0 Å². The van der Waals surface area contributed by atoms with Gasteiger partial charge in [0.15, 0.2) is 0 Å². The van der Waals surface area contributed by atoms with Crippen molar-refractivity contribution in [1.29, 1.82) is 0 Å². The first kappa shape index (κ1) is 11.8. The molecule has 0 aliphatic carbocycles. The smallest absolute Gasteiger partial charge is 0.270 e. The summed E-state index contributed by atoms with van der Waals surface area (Å²) in [6, 6.07) is 0. The number of rotatable bonds is 0. The van der Waals surface area contributed by atoms with E-state index >= 15 is 0 Å². The highest BCUT2D eigenvalue weighted by molar-refractivity contribution is 7.86. The zero-order valence-electron chi connectivity index (χ0n) is 5.87. The van der Waals surface area contributed by atoms with Crippen molar-refractivity contribution in [2.75, 3.05) is 12.4 Å². The fourth-order valence-electron chi connectivity index (χ4n) is 0.481. The van der Waals surface area contributed by atoms with E-state index in [-0.39, 0.29) is 5.75 Å². The van der Waals surface area contributed by atoms with E-state index in [4.69, 9.17) is 17.5 Å². The maximum absolute atomic E-state index is 10.2. The predicted molar refractivity (Wildman–Crippen MR) is 38.5 cm³/mol. The van der Waals surface area contributed by atoms with Crippen LogP contribution >= 0.6 is 0 Å². The second-order valence-electron chi connectivity index (χ2n) is 1.89. The van der Waals surface area contributed by atoms with Crippen LogP contribution in [0.3, 0.4) is 0 Å². The van der Waals surface area contributed by atoms with Crippen LogP contribution in [0.1, 0.15) is 6.42 Å². The lowest BCUT2D eigenvalue weighted by atomic mass is 10.5. The summed E-state index contributed by atoms with van der Waals surface area (Å²) >= 11 is 0. The van der Waals surface area contributed by atoms with Crippen LogP contribution in [0.25, 0.3) is 0 Å². The Morgan fingerprint density at radius 1 is 1.25 bits per heavy atom. The van der Waals surface area contributed by atoms with Crippen molar-refractivity contribution in [3.63, 3.8) is 0 Å². The van der Waals surface area contributed by atoms with Crippen LogP contribution < -0.4 is 0 Å². The van der Waals surface area contributed by atoms with Crippen LogP contribution in [0.2, 0.25) is 0 Å². The molecule has 0 aromatic carbocycles. The Labute approximate surface area is 70.0 Å². The van der Waals surface area contributed by atoms with Gasteiger partial charge >= 0.3 is 10.4 Å². The molecule has 0 amide bonds. The summed E-state index contributed by atoms with van der Waals surface area (Å²) in [5.74, 6) is 0.201. The third-order valence-electron chi connectivity index (χ3n) is 0.802. The van der Waals surface area contributed by atoms with E-state index in [1.807, 2.05) is 0 Å². The molecule has 2 N–H and O–H groups in total. The normalized spacial score (nSPS) is 21.2. The summed E-state index contributed by atoms with van der Waals surface area (Å²) in [7, 11) is -7.71. The fourth-order valence-corrected chi connectivity index (χ4v) is 1.44.